The van der Waals surface area contributed by atoms with Crippen molar-refractivity contribution in [3.63, 3.8) is 0 Å². The summed E-state index contributed by atoms with van der Waals surface area (Å²) in [5, 5.41) is 23.3. The largest absolute Gasteiger partial charge is 0.430 e. The number of hydrogen-bond donors (Lipinski definition) is 0. The molecule has 0 atom stereocenters. The number of benzene rings is 2. The topological polar surface area (TPSA) is 113 Å². The van der Waals surface area contributed by atoms with E-state index in [1.54, 1.807) is 12.1 Å². The second-order valence-electron chi connectivity index (χ2n) is 5.65. The smallest absolute Gasteiger partial charge is 0.312 e. The molecule has 10 heteroatoms. The minimum Gasteiger partial charge on any atom is -0.430 e. The number of nitrogens with zero attached hydrogens (tertiary/aromatic N) is 5. The van der Waals surface area contributed by atoms with Gasteiger partial charge >= 0.3 is 5.69 Å². The molecule has 0 aliphatic heterocycles. The van der Waals surface area contributed by atoms with Gasteiger partial charge < -0.3 is 4.74 Å². The molecule has 0 saturated carbocycles. The van der Waals surface area contributed by atoms with E-state index in [4.69, 9.17) is 4.74 Å². The van der Waals surface area contributed by atoms with Crippen molar-refractivity contribution in [2.75, 3.05) is 0 Å². The molecule has 2 aromatic carbocycles. The second-order valence-corrected chi connectivity index (χ2v) is 5.65. The average Bonchev–Trinajstić information content (AvgIpc) is 3.11. The number of nitro benzene ring substituents is 1. The molecule has 138 valence electrons. The molecule has 2 heterocycles. The van der Waals surface area contributed by atoms with Crippen LogP contribution < -0.4 is 4.74 Å². The van der Waals surface area contributed by atoms with Gasteiger partial charge in [0.25, 0.3) is 0 Å². The zero-order valence-electron chi connectivity index (χ0n) is 14.0. The number of rotatable bonds is 5. The highest BCUT2D eigenvalue weighted by Crippen LogP contribution is 2.31. The number of halogens is 1. The van der Waals surface area contributed by atoms with Gasteiger partial charge in [-0.25, -0.2) is 4.39 Å². The molecule has 0 amide bonds. The Labute approximate surface area is 156 Å². The summed E-state index contributed by atoms with van der Waals surface area (Å²) in [5.74, 6) is -0.427. The molecule has 0 spiro atoms. The molecule has 28 heavy (non-hydrogen) atoms. The fraction of sp³-hybridized carbons (Fsp3) is 0. The van der Waals surface area contributed by atoms with Gasteiger partial charge in [0, 0.05) is 17.7 Å². The summed E-state index contributed by atoms with van der Waals surface area (Å²) < 4.78 is 20.9. The Hall–Kier alpha value is -4.21. The standard InChI is InChI=1S/C18H10FN5O4/c19-13-4-2-1-3-12(13)18-21-20-16-7-8-17(22-23(16)18)28-15-6-5-11(10-25)9-14(15)24(26)27/h1-10H. The first-order valence-corrected chi connectivity index (χ1v) is 7.95. The van der Waals surface area contributed by atoms with Gasteiger partial charge in [-0.1, -0.05) is 12.1 Å². The van der Waals surface area contributed by atoms with E-state index in [2.05, 4.69) is 15.3 Å². The molecule has 0 fully saturated rings. The maximum atomic E-state index is 14.1. The highest BCUT2D eigenvalue weighted by molar-refractivity contribution is 5.77. The summed E-state index contributed by atoms with van der Waals surface area (Å²) in [6, 6.07) is 12.8. The van der Waals surface area contributed by atoms with Crippen LogP contribution in [0.15, 0.2) is 54.6 Å². The van der Waals surface area contributed by atoms with Gasteiger partial charge in [-0.2, -0.15) is 4.52 Å². The number of carbonyl (C=O) groups is 1. The molecule has 0 aliphatic carbocycles. The third-order valence-corrected chi connectivity index (χ3v) is 3.88. The summed E-state index contributed by atoms with van der Waals surface area (Å²) in [4.78, 5) is 21.4. The van der Waals surface area contributed by atoms with Crippen molar-refractivity contribution in [1.82, 2.24) is 19.8 Å². The van der Waals surface area contributed by atoms with Gasteiger partial charge in [0.1, 0.15) is 12.1 Å². The predicted molar refractivity (Wildman–Crippen MR) is 94.7 cm³/mol. The lowest BCUT2D eigenvalue weighted by Gasteiger charge is -2.07. The van der Waals surface area contributed by atoms with Crippen LogP contribution in [0, 0.1) is 15.9 Å². The van der Waals surface area contributed by atoms with Gasteiger partial charge in [-0.05, 0) is 30.3 Å². The average molecular weight is 379 g/mol. The van der Waals surface area contributed by atoms with Crippen molar-refractivity contribution in [2.45, 2.75) is 0 Å². The lowest BCUT2D eigenvalue weighted by Crippen LogP contribution is -2.00. The van der Waals surface area contributed by atoms with Gasteiger partial charge in [0.05, 0.1) is 10.5 Å². The molecule has 2 aromatic heterocycles. The number of aromatic nitrogens is 4. The fourth-order valence-corrected chi connectivity index (χ4v) is 2.59. The van der Waals surface area contributed by atoms with Crippen LogP contribution in [0.4, 0.5) is 10.1 Å². The number of carbonyl (C=O) groups excluding carboxylic acids is 1. The van der Waals surface area contributed by atoms with Crippen molar-refractivity contribution in [3.8, 4) is 23.0 Å². The Bertz CT molecular complexity index is 1220. The van der Waals surface area contributed by atoms with Crippen LogP contribution in [0.5, 0.6) is 11.6 Å². The van der Waals surface area contributed by atoms with E-state index in [0.29, 0.717) is 11.9 Å². The molecule has 4 rings (SSSR count). The minimum atomic E-state index is -0.662. The van der Waals surface area contributed by atoms with Crippen LogP contribution in [-0.4, -0.2) is 31.0 Å². The van der Waals surface area contributed by atoms with E-state index in [9.17, 15) is 19.3 Å². The SMILES string of the molecule is O=Cc1ccc(Oc2ccc3nnc(-c4ccccc4F)n3n2)c([N+](=O)[O-])c1. The third kappa shape index (κ3) is 3.03. The summed E-state index contributed by atoms with van der Waals surface area (Å²) in [6.07, 6.45) is 0.499. The van der Waals surface area contributed by atoms with Gasteiger partial charge in [0.2, 0.25) is 11.6 Å². The Kier molecular flexibility index (Phi) is 4.20. The Balaban J connectivity index is 1.77. The van der Waals surface area contributed by atoms with E-state index in [1.165, 1.54) is 40.9 Å². The first-order valence-electron chi connectivity index (χ1n) is 7.95. The van der Waals surface area contributed by atoms with Crippen molar-refractivity contribution >= 4 is 17.6 Å². The molecule has 0 N–H and O–H groups in total. The van der Waals surface area contributed by atoms with Crippen LogP contribution in [0.3, 0.4) is 0 Å². The number of aldehydes is 1. The Morgan fingerprint density at radius 2 is 1.93 bits per heavy atom. The van der Waals surface area contributed by atoms with Gasteiger partial charge in [-0.15, -0.1) is 15.3 Å². The first kappa shape index (κ1) is 17.2. The monoisotopic (exact) mass is 379 g/mol. The maximum Gasteiger partial charge on any atom is 0.312 e. The van der Waals surface area contributed by atoms with Crippen LogP contribution in [0.2, 0.25) is 0 Å². The summed E-state index contributed by atoms with van der Waals surface area (Å²) >= 11 is 0. The van der Waals surface area contributed by atoms with Crippen molar-refractivity contribution in [1.29, 1.82) is 0 Å². The number of nitro groups is 1. The molecule has 9 nitrogen and oxygen atoms in total. The highest BCUT2D eigenvalue weighted by Gasteiger charge is 2.19. The van der Waals surface area contributed by atoms with Crippen LogP contribution >= 0.6 is 0 Å². The molecular formula is C18H10FN5O4. The zero-order valence-corrected chi connectivity index (χ0v) is 14.0. The fourth-order valence-electron chi connectivity index (χ4n) is 2.59. The lowest BCUT2D eigenvalue weighted by atomic mass is 10.2. The normalized spacial score (nSPS) is 10.8. The Morgan fingerprint density at radius 3 is 2.68 bits per heavy atom. The number of fused-ring (bicyclic) bond motifs is 1. The van der Waals surface area contributed by atoms with E-state index in [0.717, 1.165) is 6.07 Å². The molecule has 0 bridgehead atoms. The molecule has 0 radical (unpaired) electrons. The summed E-state index contributed by atoms with van der Waals surface area (Å²) in [5.41, 5.74) is 0.296. The molecule has 0 aliphatic rings. The molecule has 4 aromatic rings. The van der Waals surface area contributed by atoms with Crippen molar-refractivity contribution < 1.29 is 18.8 Å². The number of hydrogen-bond acceptors (Lipinski definition) is 7. The zero-order chi connectivity index (χ0) is 19.7. The number of ether oxygens (including phenoxy) is 1. The minimum absolute atomic E-state index is 0.00634. The van der Waals surface area contributed by atoms with Gasteiger partial charge in [-0.3, -0.25) is 14.9 Å². The molecule has 0 saturated heterocycles. The summed E-state index contributed by atoms with van der Waals surface area (Å²) in [6.45, 7) is 0. The van der Waals surface area contributed by atoms with E-state index >= 15 is 0 Å². The van der Waals surface area contributed by atoms with Crippen molar-refractivity contribution in [3.05, 3.63) is 76.1 Å². The van der Waals surface area contributed by atoms with Crippen LogP contribution in [-0.2, 0) is 0 Å². The first-order chi connectivity index (χ1) is 13.6. The maximum absolute atomic E-state index is 14.1. The third-order valence-electron chi connectivity index (χ3n) is 3.88. The molecule has 0 unspecified atom stereocenters. The van der Waals surface area contributed by atoms with Crippen molar-refractivity contribution in [2.24, 2.45) is 0 Å². The van der Waals surface area contributed by atoms with E-state index in [1.807, 2.05) is 0 Å². The van der Waals surface area contributed by atoms with Gasteiger partial charge in [0.15, 0.2) is 11.5 Å². The van der Waals surface area contributed by atoms with E-state index in [-0.39, 0.29) is 34.3 Å². The van der Waals surface area contributed by atoms with Crippen LogP contribution in [0.25, 0.3) is 17.0 Å². The lowest BCUT2D eigenvalue weighted by molar-refractivity contribution is -0.385. The predicted octanol–water partition coefficient (Wildman–Crippen LogP) is 3.44. The second kappa shape index (κ2) is 6.83. The molecular weight excluding hydrogens is 369 g/mol. The Morgan fingerprint density at radius 1 is 1.11 bits per heavy atom. The summed E-state index contributed by atoms with van der Waals surface area (Å²) in [7, 11) is 0. The highest BCUT2D eigenvalue weighted by atomic mass is 19.1. The van der Waals surface area contributed by atoms with Crippen LogP contribution in [0.1, 0.15) is 10.4 Å². The quantitative estimate of drug-likeness (QED) is 0.296. The van der Waals surface area contributed by atoms with E-state index < -0.39 is 10.7 Å².